The maximum absolute atomic E-state index is 14.1. The lowest BCUT2D eigenvalue weighted by Gasteiger charge is -2.20. The average Bonchev–Trinajstić information content (AvgIpc) is 3.36. The molecule has 1 saturated heterocycles. The van der Waals surface area contributed by atoms with Crippen LogP contribution in [0.2, 0.25) is 0 Å². The molecular formula is C21H20F4N4. The molecule has 29 heavy (non-hydrogen) atoms. The van der Waals surface area contributed by atoms with Crippen LogP contribution < -0.4 is 10.2 Å². The highest BCUT2D eigenvalue weighted by Crippen LogP contribution is 2.31. The summed E-state index contributed by atoms with van der Waals surface area (Å²) in [4.78, 5) is 2.06. The van der Waals surface area contributed by atoms with E-state index in [1.165, 1.54) is 18.2 Å². The molecule has 4 nitrogen and oxygen atoms in total. The standard InChI is InChI=1S/C21H20F4N4/c22-19-4-2-1-3-18(19)20-14(12-27-28-20)11-26-16-9-10-29(13-16)17-7-5-15(6-8-17)21(23,24)25/h1-8,12,16,26H,9-11,13H2,(H,27,28). The first-order valence-corrected chi connectivity index (χ1v) is 9.34. The van der Waals surface area contributed by atoms with Gasteiger partial charge in [-0.2, -0.15) is 18.3 Å². The third kappa shape index (κ3) is 4.27. The molecule has 0 saturated carbocycles. The molecule has 2 N–H and O–H groups in total. The number of nitrogens with zero attached hydrogens (tertiary/aromatic N) is 2. The van der Waals surface area contributed by atoms with Crippen molar-refractivity contribution in [1.29, 1.82) is 0 Å². The number of H-pyrrole nitrogens is 1. The molecule has 1 atom stereocenters. The van der Waals surface area contributed by atoms with Gasteiger partial charge in [-0.05, 0) is 42.8 Å². The van der Waals surface area contributed by atoms with Crippen LogP contribution in [0.15, 0.2) is 54.7 Å². The van der Waals surface area contributed by atoms with Crippen molar-refractivity contribution in [2.75, 3.05) is 18.0 Å². The fraction of sp³-hybridized carbons (Fsp3) is 0.286. The molecule has 1 fully saturated rings. The van der Waals surface area contributed by atoms with Crippen LogP contribution in [-0.4, -0.2) is 29.3 Å². The lowest BCUT2D eigenvalue weighted by atomic mass is 10.1. The number of aromatic nitrogens is 2. The molecule has 1 unspecified atom stereocenters. The van der Waals surface area contributed by atoms with Crippen molar-refractivity contribution in [3.8, 4) is 11.3 Å². The minimum absolute atomic E-state index is 0.181. The normalized spacial score (nSPS) is 17.1. The molecule has 0 spiro atoms. The number of nitrogens with one attached hydrogen (secondary N) is 2. The van der Waals surface area contributed by atoms with Gasteiger partial charge in [0.1, 0.15) is 5.82 Å². The van der Waals surface area contributed by atoms with E-state index in [0.717, 1.165) is 36.3 Å². The number of hydrogen-bond donors (Lipinski definition) is 2. The summed E-state index contributed by atoms with van der Waals surface area (Å²) in [6.45, 7) is 1.97. The van der Waals surface area contributed by atoms with E-state index in [2.05, 4.69) is 20.4 Å². The number of halogens is 4. The zero-order valence-electron chi connectivity index (χ0n) is 15.5. The fourth-order valence-electron chi connectivity index (χ4n) is 3.62. The van der Waals surface area contributed by atoms with E-state index in [4.69, 9.17) is 0 Å². The van der Waals surface area contributed by atoms with Crippen molar-refractivity contribution >= 4 is 5.69 Å². The molecular weight excluding hydrogens is 384 g/mol. The van der Waals surface area contributed by atoms with Crippen molar-refractivity contribution in [2.24, 2.45) is 0 Å². The van der Waals surface area contributed by atoms with Crippen molar-refractivity contribution < 1.29 is 17.6 Å². The summed E-state index contributed by atoms with van der Waals surface area (Å²) in [5, 5.41) is 10.3. The molecule has 0 amide bonds. The minimum atomic E-state index is -4.33. The summed E-state index contributed by atoms with van der Waals surface area (Å²) in [7, 11) is 0. The van der Waals surface area contributed by atoms with Gasteiger partial charge in [0, 0.05) is 42.5 Å². The van der Waals surface area contributed by atoms with Gasteiger partial charge in [0.2, 0.25) is 0 Å². The zero-order chi connectivity index (χ0) is 20.4. The monoisotopic (exact) mass is 404 g/mol. The Labute approximate surface area is 165 Å². The summed E-state index contributed by atoms with van der Waals surface area (Å²) in [6, 6.07) is 12.0. The van der Waals surface area contributed by atoms with Gasteiger partial charge in [-0.1, -0.05) is 12.1 Å². The van der Waals surface area contributed by atoms with Gasteiger partial charge in [0.05, 0.1) is 17.5 Å². The van der Waals surface area contributed by atoms with Gasteiger partial charge in [-0.25, -0.2) is 4.39 Å². The van der Waals surface area contributed by atoms with Crippen LogP contribution in [0.1, 0.15) is 17.5 Å². The molecule has 4 rings (SSSR count). The third-order valence-corrected chi connectivity index (χ3v) is 5.19. The highest BCUT2D eigenvalue weighted by atomic mass is 19.4. The molecule has 2 heterocycles. The first kappa shape index (κ1) is 19.4. The van der Waals surface area contributed by atoms with E-state index in [9.17, 15) is 17.6 Å². The molecule has 1 aliphatic heterocycles. The molecule has 2 aromatic carbocycles. The van der Waals surface area contributed by atoms with Gasteiger partial charge < -0.3 is 10.2 Å². The highest BCUT2D eigenvalue weighted by Gasteiger charge is 2.30. The largest absolute Gasteiger partial charge is 0.416 e. The maximum atomic E-state index is 14.1. The minimum Gasteiger partial charge on any atom is -0.370 e. The Hall–Kier alpha value is -2.87. The summed E-state index contributed by atoms with van der Waals surface area (Å²) in [6.07, 6.45) is -1.78. The summed E-state index contributed by atoms with van der Waals surface area (Å²) in [5.41, 5.74) is 2.12. The first-order chi connectivity index (χ1) is 13.9. The van der Waals surface area contributed by atoms with E-state index in [0.29, 0.717) is 24.3 Å². The lowest BCUT2D eigenvalue weighted by Crippen LogP contribution is -2.32. The number of aromatic amines is 1. The molecule has 8 heteroatoms. The summed E-state index contributed by atoms with van der Waals surface area (Å²) < 4.78 is 52.2. The van der Waals surface area contributed by atoms with E-state index in [1.807, 2.05) is 0 Å². The van der Waals surface area contributed by atoms with Crippen LogP contribution in [0.4, 0.5) is 23.2 Å². The number of hydrogen-bond acceptors (Lipinski definition) is 3. The van der Waals surface area contributed by atoms with E-state index in [-0.39, 0.29) is 11.9 Å². The van der Waals surface area contributed by atoms with Crippen molar-refractivity contribution in [2.45, 2.75) is 25.2 Å². The van der Waals surface area contributed by atoms with Gasteiger partial charge in [0.15, 0.2) is 0 Å². The molecule has 0 aliphatic carbocycles. The predicted molar refractivity (Wildman–Crippen MR) is 103 cm³/mol. The predicted octanol–water partition coefficient (Wildman–Crippen LogP) is 4.60. The molecule has 1 aromatic heterocycles. The van der Waals surface area contributed by atoms with E-state index < -0.39 is 11.7 Å². The Morgan fingerprint density at radius 3 is 2.59 bits per heavy atom. The van der Waals surface area contributed by atoms with Gasteiger partial charge in [-0.3, -0.25) is 5.10 Å². The van der Waals surface area contributed by atoms with Crippen LogP contribution in [0.5, 0.6) is 0 Å². The zero-order valence-corrected chi connectivity index (χ0v) is 15.5. The molecule has 0 radical (unpaired) electrons. The second kappa shape index (κ2) is 7.87. The van der Waals surface area contributed by atoms with Crippen LogP contribution in [-0.2, 0) is 12.7 Å². The van der Waals surface area contributed by atoms with Gasteiger partial charge in [-0.15, -0.1) is 0 Å². The average molecular weight is 404 g/mol. The molecule has 152 valence electrons. The number of anilines is 1. The maximum Gasteiger partial charge on any atom is 0.416 e. The SMILES string of the molecule is Fc1ccccc1-c1[nH]ncc1CNC1CCN(c2ccc(C(F)(F)F)cc2)C1. The summed E-state index contributed by atoms with van der Waals surface area (Å²) >= 11 is 0. The third-order valence-electron chi connectivity index (χ3n) is 5.19. The Kier molecular flexibility index (Phi) is 5.27. The topological polar surface area (TPSA) is 44.0 Å². The van der Waals surface area contributed by atoms with E-state index >= 15 is 0 Å². The lowest BCUT2D eigenvalue weighted by molar-refractivity contribution is -0.137. The smallest absolute Gasteiger partial charge is 0.370 e. The Bertz CT molecular complexity index is 965. The molecule has 3 aromatic rings. The van der Waals surface area contributed by atoms with Crippen LogP contribution in [0.3, 0.4) is 0 Å². The molecule has 0 bridgehead atoms. The van der Waals surface area contributed by atoms with Crippen LogP contribution in [0.25, 0.3) is 11.3 Å². The van der Waals surface area contributed by atoms with Crippen LogP contribution >= 0.6 is 0 Å². The summed E-state index contributed by atoms with van der Waals surface area (Å²) in [5.74, 6) is -0.313. The first-order valence-electron chi connectivity index (χ1n) is 9.34. The Morgan fingerprint density at radius 2 is 1.86 bits per heavy atom. The highest BCUT2D eigenvalue weighted by molar-refractivity contribution is 5.63. The second-order valence-electron chi connectivity index (χ2n) is 7.11. The Balaban J connectivity index is 1.37. The Morgan fingerprint density at radius 1 is 1.10 bits per heavy atom. The van der Waals surface area contributed by atoms with Crippen molar-refractivity contribution in [3.05, 3.63) is 71.7 Å². The van der Waals surface area contributed by atoms with Crippen molar-refractivity contribution in [1.82, 2.24) is 15.5 Å². The number of alkyl halides is 3. The second-order valence-corrected chi connectivity index (χ2v) is 7.11. The molecule has 1 aliphatic rings. The number of rotatable bonds is 5. The fourth-order valence-corrected chi connectivity index (χ4v) is 3.62. The van der Waals surface area contributed by atoms with Gasteiger partial charge in [0.25, 0.3) is 0 Å². The van der Waals surface area contributed by atoms with Crippen LogP contribution in [0, 0.1) is 5.82 Å². The quantitative estimate of drug-likeness (QED) is 0.611. The number of benzene rings is 2. The van der Waals surface area contributed by atoms with Gasteiger partial charge >= 0.3 is 6.18 Å². The van der Waals surface area contributed by atoms with E-state index in [1.54, 1.807) is 24.4 Å². The van der Waals surface area contributed by atoms with Crippen molar-refractivity contribution in [3.63, 3.8) is 0 Å².